The lowest BCUT2D eigenvalue weighted by Crippen LogP contribution is -2.24. The number of benzene rings is 1. The quantitative estimate of drug-likeness (QED) is 0.617. The minimum absolute atomic E-state index is 0.220. The van der Waals surface area contributed by atoms with Crippen LogP contribution in [0, 0.1) is 0 Å². The highest BCUT2D eigenvalue weighted by Crippen LogP contribution is 1.97. The molecule has 1 heterocycles. The molecule has 0 fully saturated rings. The van der Waals surface area contributed by atoms with Crippen molar-refractivity contribution in [2.24, 2.45) is 0 Å². The van der Waals surface area contributed by atoms with Crippen molar-refractivity contribution in [2.45, 2.75) is 0 Å². The Kier molecular flexibility index (Phi) is 4.16. The van der Waals surface area contributed by atoms with Gasteiger partial charge in [0.2, 0.25) is 0 Å². The molecule has 1 aliphatic heterocycles. The molecule has 0 spiro atoms. The van der Waals surface area contributed by atoms with Crippen LogP contribution in [0.25, 0.3) is 0 Å². The molecule has 0 aromatic heterocycles. The summed E-state index contributed by atoms with van der Waals surface area (Å²) in [5, 5.41) is 10.1. The molecule has 1 aromatic rings. The van der Waals surface area contributed by atoms with Gasteiger partial charge in [-0.2, -0.15) is 0 Å². The topological polar surface area (TPSA) is 77.5 Å². The summed E-state index contributed by atoms with van der Waals surface area (Å²) in [6.07, 6.45) is 2.50. The van der Waals surface area contributed by atoms with Crippen molar-refractivity contribution in [3.63, 3.8) is 0 Å². The lowest BCUT2D eigenvalue weighted by atomic mass is 10.2. The summed E-state index contributed by atoms with van der Waals surface area (Å²) in [5.74, 6) is -1.61. The van der Waals surface area contributed by atoms with Crippen molar-refractivity contribution in [3.05, 3.63) is 48.0 Å². The van der Waals surface area contributed by atoms with E-state index in [1.165, 1.54) is 31.3 Å². The summed E-state index contributed by atoms with van der Waals surface area (Å²) in [6.45, 7) is 0. The Morgan fingerprint density at radius 3 is 1.76 bits per heavy atom. The molecule has 1 aromatic carbocycles. The zero-order valence-corrected chi connectivity index (χ0v) is 9.12. The van der Waals surface area contributed by atoms with Gasteiger partial charge in [0.05, 0.1) is 5.97 Å². The fraction of sp³-hybridized carbons (Fsp3) is 0.0833. The summed E-state index contributed by atoms with van der Waals surface area (Å²) in [5.41, 5.74) is 0.220. The molecule has 5 nitrogen and oxygen atoms in total. The second-order valence-corrected chi connectivity index (χ2v) is 3.22. The van der Waals surface area contributed by atoms with E-state index in [1.54, 1.807) is 18.2 Å². The van der Waals surface area contributed by atoms with Gasteiger partial charge in [-0.15, -0.1) is 0 Å². The lowest BCUT2D eigenvalue weighted by molar-refractivity contribution is -0.255. The van der Waals surface area contributed by atoms with Crippen LogP contribution < -0.4 is 5.11 Å². The van der Waals surface area contributed by atoms with E-state index in [0.29, 0.717) is 0 Å². The van der Waals surface area contributed by atoms with Crippen molar-refractivity contribution >= 4 is 17.8 Å². The summed E-state index contributed by atoms with van der Waals surface area (Å²) in [7, 11) is 1.45. The fourth-order valence-electron chi connectivity index (χ4n) is 1.05. The summed E-state index contributed by atoms with van der Waals surface area (Å²) < 4.78 is 0. The Morgan fingerprint density at radius 2 is 1.53 bits per heavy atom. The number of carbonyl (C=O) groups is 3. The van der Waals surface area contributed by atoms with E-state index < -0.39 is 5.97 Å². The van der Waals surface area contributed by atoms with Crippen LogP contribution in [0.4, 0.5) is 0 Å². The zero-order chi connectivity index (χ0) is 12.8. The molecule has 88 valence electrons. The van der Waals surface area contributed by atoms with Gasteiger partial charge in [-0.25, -0.2) is 0 Å². The Labute approximate surface area is 98.0 Å². The molecule has 2 rings (SSSR count). The van der Waals surface area contributed by atoms with E-state index in [4.69, 9.17) is 0 Å². The first-order chi connectivity index (χ1) is 8.02. The number of carboxylic acid groups (broad SMARTS) is 1. The summed E-state index contributed by atoms with van der Waals surface area (Å²) >= 11 is 0. The van der Waals surface area contributed by atoms with Crippen molar-refractivity contribution in [2.75, 3.05) is 7.05 Å². The molecule has 0 radical (unpaired) electrons. The highest BCUT2D eigenvalue weighted by Gasteiger charge is 2.17. The molecule has 0 aliphatic carbocycles. The third-order valence-electron chi connectivity index (χ3n) is 2.04. The number of nitrogens with zero attached hydrogens (tertiary/aromatic N) is 1. The maximum Gasteiger partial charge on any atom is 0.253 e. The van der Waals surface area contributed by atoms with Gasteiger partial charge in [0.15, 0.2) is 0 Å². The molecule has 5 heteroatoms. The van der Waals surface area contributed by atoms with Crippen LogP contribution in [0.1, 0.15) is 10.4 Å². The first-order valence-electron chi connectivity index (χ1n) is 4.78. The number of rotatable bonds is 1. The Bertz CT molecular complexity index is 447. The largest absolute Gasteiger partial charge is 0.545 e. The normalized spacial score (nSPS) is 13.4. The predicted molar refractivity (Wildman–Crippen MR) is 57.7 cm³/mol. The molecular weight excluding hydrogens is 222 g/mol. The molecular formula is C12H10NO4-. The fourth-order valence-corrected chi connectivity index (χ4v) is 1.05. The molecule has 0 N–H and O–H groups in total. The van der Waals surface area contributed by atoms with Gasteiger partial charge in [0, 0.05) is 19.2 Å². The average molecular weight is 232 g/mol. The number of likely N-dealkylation sites (N-methyl/N-ethyl adjacent to an activating group) is 1. The van der Waals surface area contributed by atoms with Crippen LogP contribution in [-0.2, 0) is 9.59 Å². The van der Waals surface area contributed by atoms with Gasteiger partial charge < -0.3 is 9.90 Å². The minimum Gasteiger partial charge on any atom is -0.545 e. The Balaban J connectivity index is 0.000000171. The van der Waals surface area contributed by atoms with Gasteiger partial charge in [-0.1, -0.05) is 30.3 Å². The number of hydrogen-bond donors (Lipinski definition) is 0. The van der Waals surface area contributed by atoms with Gasteiger partial charge >= 0.3 is 0 Å². The van der Waals surface area contributed by atoms with E-state index in [9.17, 15) is 19.5 Å². The van der Waals surface area contributed by atoms with Crippen molar-refractivity contribution in [1.29, 1.82) is 0 Å². The van der Waals surface area contributed by atoms with E-state index >= 15 is 0 Å². The van der Waals surface area contributed by atoms with Crippen LogP contribution in [0.2, 0.25) is 0 Å². The van der Waals surface area contributed by atoms with Gasteiger partial charge in [-0.3, -0.25) is 14.5 Å². The third-order valence-corrected chi connectivity index (χ3v) is 2.04. The zero-order valence-electron chi connectivity index (χ0n) is 9.12. The van der Waals surface area contributed by atoms with Crippen LogP contribution in [0.3, 0.4) is 0 Å². The molecule has 2 amide bonds. The second-order valence-electron chi connectivity index (χ2n) is 3.22. The van der Waals surface area contributed by atoms with Crippen LogP contribution in [0.5, 0.6) is 0 Å². The van der Waals surface area contributed by atoms with E-state index in [0.717, 1.165) is 4.90 Å². The Hall–Kier alpha value is -2.43. The average Bonchev–Trinajstić information content (AvgIpc) is 2.62. The standard InChI is InChI=1S/C7H6O2.C5H5NO2/c8-7(9)6-4-2-1-3-5-6;1-6-4(7)2-3-5(6)8/h1-5H,(H,8,9);2-3H,1H3/p-1. The first-order valence-corrected chi connectivity index (χ1v) is 4.78. The van der Waals surface area contributed by atoms with Crippen molar-refractivity contribution in [3.8, 4) is 0 Å². The number of amides is 2. The monoisotopic (exact) mass is 232 g/mol. The van der Waals surface area contributed by atoms with Crippen molar-refractivity contribution in [1.82, 2.24) is 4.90 Å². The molecule has 1 aliphatic rings. The molecule has 0 saturated carbocycles. The smallest absolute Gasteiger partial charge is 0.253 e. The van der Waals surface area contributed by atoms with E-state index in [1.807, 2.05) is 0 Å². The summed E-state index contributed by atoms with van der Waals surface area (Å²) in [4.78, 5) is 32.0. The van der Waals surface area contributed by atoms with Gasteiger partial charge in [-0.05, 0) is 5.56 Å². The highest BCUT2D eigenvalue weighted by atomic mass is 16.4. The second kappa shape index (κ2) is 5.60. The molecule has 0 unspecified atom stereocenters. The molecule has 0 saturated heterocycles. The first kappa shape index (κ1) is 12.6. The molecule has 0 bridgehead atoms. The number of aromatic carboxylic acids is 1. The molecule has 17 heavy (non-hydrogen) atoms. The van der Waals surface area contributed by atoms with Gasteiger partial charge in [0.25, 0.3) is 11.8 Å². The van der Waals surface area contributed by atoms with Crippen molar-refractivity contribution < 1.29 is 19.5 Å². The number of carboxylic acids is 1. The Morgan fingerprint density at radius 1 is 1.06 bits per heavy atom. The van der Waals surface area contributed by atoms with E-state index in [2.05, 4.69) is 0 Å². The minimum atomic E-state index is -1.13. The van der Waals surface area contributed by atoms with E-state index in [-0.39, 0.29) is 17.4 Å². The van der Waals surface area contributed by atoms with Crippen LogP contribution >= 0.6 is 0 Å². The SMILES string of the molecule is CN1C(=O)C=CC1=O.O=C([O-])c1ccccc1. The lowest BCUT2D eigenvalue weighted by Gasteiger charge is -2.01. The number of carbonyl (C=O) groups excluding carboxylic acids is 3. The maximum absolute atomic E-state index is 10.4. The number of hydrogen-bond acceptors (Lipinski definition) is 4. The number of imide groups is 1. The molecule has 0 atom stereocenters. The third kappa shape index (κ3) is 3.57. The van der Waals surface area contributed by atoms with Gasteiger partial charge in [0.1, 0.15) is 0 Å². The van der Waals surface area contributed by atoms with Crippen LogP contribution in [-0.4, -0.2) is 29.7 Å². The van der Waals surface area contributed by atoms with Crippen LogP contribution in [0.15, 0.2) is 42.5 Å². The summed E-state index contributed by atoms with van der Waals surface area (Å²) in [6, 6.07) is 8.06. The highest BCUT2D eigenvalue weighted by molar-refractivity contribution is 6.12. The predicted octanol–water partition coefficient (Wildman–Crippen LogP) is -0.409. The maximum atomic E-state index is 10.4.